The molecule has 0 aliphatic carbocycles. The summed E-state index contributed by atoms with van der Waals surface area (Å²) in [4.78, 5) is 29.3. The second kappa shape index (κ2) is 11.4. The number of carbonyl (C=O) groups is 2. The summed E-state index contributed by atoms with van der Waals surface area (Å²) >= 11 is 0. The predicted octanol–water partition coefficient (Wildman–Crippen LogP) is 3.68. The Morgan fingerprint density at radius 1 is 0.949 bits per heavy atom. The van der Waals surface area contributed by atoms with Gasteiger partial charge in [0.05, 0.1) is 16.5 Å². The number of ether oxygens (including phenoxy) is 1. The average molecular weight is 549 g/mol. The fraction of sp³-hybridized carbons (Fsp3) is 0.345. The van der Waals surface area contributed by atoms with Crippen LogP contribution in [0.3, 0.4) is 0 Å². The summed E-state index contributed by atoms with van der Waals surface area (Å²) in [7, 11) is -4.06. The number of piperazine rings is 1. The van der Waals surface area contributed by atoms with Gasteiger partial charge in [0.1, 0.15) is 11.6 Å². The zero-order valence-corrected chi connectivity index (χ0v) is 23.1. The minimum atomic E-state index is -4.06. The first-order valence-electron chi connectivity index (χ1n) is 12.7. The van der Waals surface area contributed by atoms with Gasteiger partial charge >= 0.3 is 6.09 Å². The molecule has 2 amide bonds. The number of benzene rings is 3. The summed E-state index contributed by atoms with van der Waals surface area (Å²) in [5, 5.41) is 11.0. The number of fused-ring (bicyclic) bond motifs is 1. The van der Waals surface area contributed by atoms with E-state index >= 15 is 0 Å². The van der Waals surface area contributed by atoms with Gasteiger partial charge in [-0.15, -0.1) is 0 Å². The number of amides is 2. The van der Waals surface area contributed by atoms with E-state index in [1.165, 1.54) is 6.07 Å². The number of hydrogen-bond acceptors (Lipinski definition) is 6. The van der Waals surface area contributed by atoms with Gasteiger partial charge in [-0.25, -0.2) is 13.2 Å². The molecular formula is C29H32N4O5S. The Morgan fingerprint density at radius 3 is 2.28 bits per heavy atom. The van der Waals surface area contributed by atoms with E-state index in [0.29, 0.717) is 11.1 Å². The van der Waals surface area contributed by atoms with Crippen molar-refractivity contribution in [3.8, 4) is 6.07 Å². The van der Waals surface area contributed by atoms with Crippen LogP contribution in [-0.2, 0) is 26.0 Å². The zero-order valence-electron chi connectivity index (χ0n) is 22.3. The number of nitriles is 1. The normalized spacial score (nSPS) is 15.0. The molecule has 4 rings (SSSR count). The molecule has 204 valence electrons. The van der Waals surface area contributed by atoms with Crippen molar-refractivity contribution in [3.05, 3.63) is 77.9 Å². The monoisotopic (exact) mass is 548 g/mol. The van der Waals surface area contributed by atoms with E-state index in [-0.39, 0.29) is 37.5 Å². The van der Waals surface area contributed by atoms with E-state index in [4.69, 9.17) is 4.74 Å². The van der Waals surface area contributed by atoms with Gasteiger partial charge in [0, 0.05) is 26.2 Å². The van der Waals surface area contributed by atoms with Crippen LogP contribution in [0.1, 0.15) is 31.9 Å². The first-order chi connectivity index (χ1) is 18.4. The van der Waals surface area contributed by atoms with E-state index in [1.807, 2.05) is 24.3 Å². The molecule has 1 atom stereocenters. The minimum Gasteiger partial charge on any atom is -0.444 e. The molecule has 1 aliphatic rings. The Morgan fingerprint density at radius 2 is 1.62 bits per heavy atom. The van der Waals surface area contributed by atoms with Gasteiger partial charge in [0.25, 0.3) is 0 Å². The van der Waals surface area contributed by atoms with Gasteiger partial charge in [0.2, 0.25) is 15.9 Å². The summed E-state index contributed by atoms with van der Waals surface area (Å²) in [5.41, 5.74) is 0.441. The molecule has 1 N–H and O–H groups in total. The molecule has 3 aromatic rings. The summed E-state index contributed by atoms with van der Waals surface area (Å²) in [6.45, 7) is 6.40. The highest BCUT2D eigenvalue weighted by molar-refractivity contribution is 7.89. The van der Waals surface area contributed by atoms with E-state index in [9.17, 15) is 23.3 Å². The molecule has 10 heteroatoms. The number of nitrogens with one attached hydrogen (secondary N) is 1. The van der Waals surface area contributed by atoms with Crippen molar-refractivity contribution in [2.45, 2.75) is 43.7 Å². The molecule has 39 heavy (non-hydrogen) atoms. The van der Waals surface area contributed by atoms with Crippen molar-refractivity contribution < 1.29 is 22.7 Å². The summed E-state index contributed by atoms with van der Waals surface area (Å²) in [5.74, 6) is -0.398. The lowest BCUT2D eigenvalue weighted by molar-refractivity contribution is -0.134. The summed E-state index contributed by atoms with van der Waals surface area (Å²) < 4.78 is 35.0. The third-order valence-corrected chi connectivity index (χ3v) is 7.84. The molecule has 0 radical (unpaired) electrons. The average Bonchev–Trinajstić information content (AvgIpc) is 2.91. The van der Waals surface area contributed by atoms with Crippen LogP contribution in [-0.4, -0.2) is 68.0 Å². The maximum Gasteiger partial charge on any atom is 0.410 e. The van der Waals surface area contributed by atoms with E-state index in [2.05, 4.69) is 10.8 Å². The van der Waals surface area contributed by atoms with Crippen LogP contribution in [0.25, 0.3) is 10.8 Å². The Balaban J connectivity index is 1.55. The topological polar surface area (TPSA) is 120 Å². The summed E-state index contributed by atoms with van der Waals surface area (Å²) in [6, 6.07) is 20.0. The molecule has 3 aromatic carbocycles. The number of carbonyl (C=O) groups excluding carboxylic acids is 2. The molecule has 1 fully saturated rings. The third kappa shape index (κ3) is 7.13. The molecule has 0 saturated carbocycles. The molecular weight excluding hydrogens is 516 g/mol. The van der Waals surface area contributed by atoms with Crippen molar-refractivity contribution in [3.63, 3.8) is 0 Å². The Bertz CT molecular complexity index is 1520. The Labute approximate surface area is 229 Å². The molecule has 1 aliphatic heterocycles. The SMILES string of the molecule is CC(C)(C)OC(=O)N1CCN(C(=O)[C@H](Cc2cccc(C#N)c2)NS(=O)(=O)c2ccc3ccccc3c2)CC1. The standard InChI is InChI=1S/C29H32N4O5S/c1-29(2,3)38-28(35)33-15-13-32(14-16-33)27(34)26(18-21-7-6-8-22(17-21)20-30)31-39(36,37)25-12-11-23-9-4-5-10-24(23)19-25/h4-12,17,19,26,31H,13-16,18H2,1-3H3/t26-/m0/s1. The van der Waals surface area contributed by atoms with Crippen molar-refractivity contribution in [2.75, 3.05) is 26.2 Å². The number of hydrogen-bond donors (Lipinski definition) is 1. The van der Waals surface area contributed by atoms with E-state index in [0.717, 1.165) is 10.8 Å². The number of nitrogens with zero attached hydrogens (tertiary/aromatic N) is 3. The number of sulfonamides is 1. The fourth-order valence-corrected chi connectivity index (χ4v) is 5.65. The van der Waals surface area contributed by atoms with Crippen LogP contribution in [0.5, 0.6) is 0 Å². The van der Waals surface area contributed by atoms with Crippen molar-refractivity contribution in [1.29, 1.82) is 5.26 Å². The smallest absolute Gasteiger partial charge is 0.410 e. The minimum absolute atomic E-state index is 0.0551. The van der Waals surface area contributed by atoms with Crippen LogP contribution in [0, 0.1) is 11.3 Å². The highest BCUT2D eigenvalue weighted by Crippen LogP contribution is 2.20. The van der Waals surface area contributed by atoms with Crippen molar-refractivity contribution in [2.24, 2.45) is 0 Å². The molecule has 0 aromatic heterocycles. The quantitative estimate of drug-likeness (QED) is 0.502. The van der Waals surface area contributed by atoms with Crippen LogP contribution in [0.4, 0.5) is 4.79 Å². The lowest BCUT2D eigenvalue weighted by Crippen LogP contribution is -2.56. The highest BCUT2D eigenvalue weighted by Gasteiger charge is 2.33. The predicted molar refractivity (Wildman–Crippen MR) is 147 cm³/mol. The lowest BCUT2D eigenvalue weighted by Gasteiger charge is -2.37. The second-order valence-corrected chi connectivity index (χ2v) is 12.2. The molecule has 0 spiro atoms. The Hall–Kier alpha value is -3.94. The maximum atomic E-state index is 13.7. The Kier molecular flexibility index (Phi) is 8.23. The van der Waals surface area contributed by atoms with Gasteiger partial charge in [-0.1, -0.05) is 42.5 Å². The lowest BCUT2D eigenvalue weighted by atomic mass is 10.0. The van der Waals surface area contributed by atoms with E-state index in [1.54, 1.807) is 67.0 Å². The van der Waals surface area contributed by atoms with Gasteiger partial charge in [-0.3, -0.25) is 4.79 Å². The highest BCUT2D eigenvalue weighted by atomic mass is 32.2. The van der Waals surface area contributed by atoms with Crippen LogP contribution in [0.2, 0.25) is 0 Å². The largest absolute Gasteiger partial charge is 0.444 e. The van der Waals surface area contributed by atoms with Crippen molar-refractivity contribution in [1.82, 2.24) is 14.5 Å². The van der Waals surface area contributed by atoms with Gasteiger partial charge < -0.3 is 14.5 Å². The van der Waals surface area contributed by atoms with Gasteiger partial charge in [-0.05, 0) is 67.8 Å². The van der Waals surface area contributed by atoms with E-state index < -0.39 is 33.7 Å². The molecule has 1 heterocycles. The molecule has 1 saturated heterocycles. The number of rotatable bonds is 6. The summed E-state index contributed by atoms with van der Waals surface area (Å²) in [6.07, 6.45) is -0.385. The first-order valence-corrected chi connectivity index (χ1v) is 14.2. The van der Waals surface area contributed by atoms with Crippen LogP contribution >= 0.6 is 0 Å². The maximum absolute atomic E-state index is 13.7. The van der Waals surface area contributed by atoms with Crippen LogP contribution in [0.15, 0.2) is 71.6 Å². The van der Waals surface area contributed by atoms with Gasteiger partial charge in [0.15, 0.2) is 0 Å². The molecule has 0 unspecified atom stereocenters. The zero-order chi connectivity index (χ0) is 28.2. The first kappa shape index (κ1) is 28.1. The van der Waals surface area contributed by atoms with Gasteiger partial charge in [-0.2, -0.15) is 9.98 Å². The van der Waals surface area contributed by atoms with Crippen LogP contribution < -0.4 is 4.72 Å². The van der Waals surface area contributed by atoms with Crippen molar-refractivity contribution >= 4 is 32.8 Å². The fourth-order valence-electron chi connectivity index (χ4n) is 4.43. The molecule has 9 nitrogen and oxygen atoms in total. The molecule has 0 bridgehead atoms. The third-order valence-electron chi connectivity index (χ3n) is 6.37. The second-order valence-electron chi connectivity index (χ2n) is 10.5.